The van der Waals surface area contributed by atoms with Gasteiger partial charge in [-0.15, -0.1) is 0 Å². The molecule has 14 heavy (non-hydrogen) atoms. The van der Waals surface area contributed by atoms with Crippen molar-refractivity contribution in [2.75, 3.05) is 0 Å². The lowest BCUT2D eigenvalue weighted by Crippen LogP contribution is -1.94. The molecule has 2 nitrogen and oxygen atoms in total. The van der Waals surface area contributed by atoms with Gasteiger partial charge in [-0.2, -0.15) is 0 Å². The summed E-state index contributed by atoms with van der Waals surface area (Å²) in [7, 11) is -2.26. The average Bonchev–Trinajstić information content (AvgIpc) is 2.16. The van der Waals surface area contributed by atoms with Crippen molar-refractivity contribution < 1.29 is 9.46 Å². The number of unbranched alkanes of at least 4 members (excludes halogenated alkanes) is 6. The molecule has 1 N–H and O–H groups in total. The molecule has 0 aromatic heterocycles. The van der Waals surface area contributed by atoms with Gasteiger partial charge in [0.1, 0.15) is 0 Å². The number of rotatable bonds is 9. The van der Waals surface area contributed by atoms with Crippen LogP contribution in [0.1, 0.15) is 65.2 Å². The Morgan fingerprint density at radius 2 is 1.57 bits per heavy atom. The van der Waals surface area contributed by atoms with Gasteiger partial charge < -0.3 is 4.89 Å². The minimum Gasteiger partial charge on any atom is -0.346 e. The summed E-state index contributed by atoms with van der Waals surface area (Å²) in [5.74, 6) is 0. The molecule has 0 saturated carbocycles. The highest BCUT2D eigenvalue weighted by Gasteiger charge is 2.06. The Bertz CT molecular complexity index is 148. The molecule has 3 heteroatoms. The van der Waals surface area contributed by atoms with Gasteiger partial charge in [-0.1, -0.05) is 58.8 Å². The van der Waals surface area contributed by atoms with Crippen molar-refractivity contribution in [3.63, 3.8) is 0 Å². The molecule has 0 saturated heterocycles. The van der Waals surface area contributed by atoms with Crippen LogP contribution in [0.4, 0.5) is 0 Å². The minimum atomic E-state index is -2.26. The molecule has 0 heterocycles. The van der Waals surface area contributed by atoms with Gasteiger partial charge in [0.2, 0.25) is 0 Å². The smallest absolute Gasteiger partial charge is 0.191 e. The van der Waals surface area contributed by atoms with Gasteiger partial charge in [0.15, 0.2) is 8.03 Å². The molecular weight excluding hydrogens is 195 g/mol. The van der Waals surface area contributed by atoms with E-state index in [0.29, 0.717) is 0 Å². The van der Waals surface area contributed by atoms with Crippen molar-refractivity contribution in [1.29, 1.82) is 0 Å². The topological polar surface area (TPSA) is 37.3 Å². The van der Waals surface area contributed by atoms with Crippen molar-refractivity contribution in [2.45, 2.75) is 70.9 Å². The average molecular weight is 220 g/mol. The van der Waals surface area contributed by atoms with Crippen molar-refractivity contribution in [2.24, 2.45) is 0 Å². The Morgan fingerprint density at radius 3 is 2.07 bits per heavy atom. The van der Waals surface area contributed by atoms with Crippen molar-refractivity contribution in [3.05, 3.63) is 0 Å². The molecule has 0 rings (SSSR count). The molecule has 86 valence electrons. The molecule has 0 amide bonds. The third-order valence-corrected chi connectivity index (χ3v) is 3.79. The van der Waals surface area contributed by atoms with Gasteiger partial charge in [0, 0.05) is 5.66 Å². The SMILES string of the molecule is CCCCCCCCCC(C)[PH](=O)O. The first kappa shape index (κ1) is 14.2. The fourth-order valence-corrected chi connectivity index (χ4v) is 1.98. The highest BCUT2D eigenvalue weighted by molar-refractivity contribution is 7.38. The van der Waals surface area contributed by atoms with Crippen LogP contribution >= 0.6 is 8.03 Å². The predicted octanol–water partition coefficient (Wildman–Crippen LogP) is 3.98. The molecule has 0 radical (unpaired) electrons. The molecule has 0 aliphatic rings. The van der Waals surface area contributed by atoms with E-state index in [2.05, 4.69) is 6.92 Å². The minimum absolute atomic E-state index is 0.0237. The Hall–Kier alpha value is 0.190. The van der Waals surface area contributed by atoms with Gasteiger partial charge in [-0.05, 0) is 6.42 Å². The summed E-state index contributed by atoms with van der Waals surface area (Å²) >= 11 is 0. The Balaban J connectivity index is 3.09. The summed E-state index contributed by atoms with van der Waals surface area (Å²) in [6.07, 6.45) is 9.87. The molecule has 0 aliphatic carbocycles. The van der Waals surface area contributed by atoms with E-state index in [1.807, 2.05) is 6.92 Å². The van der Waals surface area contributed by atoms with Crippen molar-refractivity contribution >= 4 is 8.03 Å². The molecule has 0 fully saturated rings. The lowest BCUT2D eigenvalue weighted by Gasteiger charge is -2.06. The standard InChI is InChI=1S/C11H25O2P/c1-3-4-5-6-7-8-9-10-11(2)14(12)13/h11,14H,3-10H2,1-2H3,(H,12,13). The maximum atomic E-state index is 10.7. The van der Waals surface area contributed by atoms with Gasteiger partial charge in [-0.3, -0.25) is 4.57 Å². The first-order chi connectivity index (χ1) is 6.68. The highest BCUT2D eigenvalue weighted by Crippen LogP contribution is 2.26. The first-order valence-corrected chi connectivity index (χ1v) is 7.34. The van der Waals surface area contributed by atoms with E-state index in [-0.39, 0.29) is 5.66 Å². The van der Waals surface area contributed by atoms with Gasteiger partial charge >= 0.3 is 0 Å². The fraction of sp³-hybridized carbons (Fsp3) is 1.00. The molecule has 0 bridgehead atoms. The van der Waals surface area contributed by atoms with Crippen LogP contribution in [0, 0.1) is 0 Å². The second kappa shape index (κ2) is 9.73. The van der Waals surface area contributed by atoms with Crippen LogP contribution in [-0.2, 0) is 4.57 Å². The summed E-state index contributed by atoms with van der Waals surface area (Å²) in [6, 6.07) is 0. The summed E-state index contributed by atoms with van der Waals surface area (Å²) in [5, 5.41) is 0. The Labute approximate surface area is 89.0 Å². The van der Waals surface area contributed by atoms with E-state index in [1.165, 1.54) is 38.5 Å². The zero-order valence-electron chi connectivity index (χ0n) is 9.59. The maximum Gasteiger partial charge on any atom is 0.191 e. The van der Waals surface area contributed by atoms with Gasteiger partial charge in [0.05, 0.1) is 0 Å². The van der Waals surface area contributed by atoms with Crippen LogP contribution < -0.4 is 0 Å². The molecule has 2 atom stereocenters. The second-order valence-electron chi connectivity index (χ2n) is 4.15. The molecule has 0 aliphatic heterocycles. The highest BCUT2D eigenvalue weighted by atomic mass is 31.1. The van der Waals surface area contributed by atoms with Crippen LogP contribution in [0.2, 0.25) is 0 Å². The quantitative estimate of drug-likeness (QED) is 0.471. The summed E-state index contributed by atoms with van der Waals surface area (Å²) in [6.45, 7) is 4.10. The number of hydrogen-bond acceptors (Lipinski definition) is 1. The number of hydrogen-bond donors (Lipinski definition) is 1. The zero-order valence-corrected chi connectivity index (χ0v) is 10.6. The molecule has 0 aromatic carbocycles. The van der Waals surface area contributed by atoms with E-state index >= 15 is 0 Å². The summed E-state index contributed by atoms with van der Waals surface area (Å²) < 4.78 is 10.7. The van der Waals surface area contributed by atoms with E-state index in [9.17, 15) is 4.57 Å². The van der Waals surface area contributed by atoms with Crippen LogP contribution in [0.3, 0.4) is 0 Å². The predicted molar refractivity (Wildman–Crippen MR) is 63.3 cm³/mol. The van der Waals surface area contributed by atoms with Crippen LogP contribution in [0.5, 0.6) is 0 Å². The summed E-state index contributed by atoms with van der Waals surface area (Å²) in [5.41, 5.74) is 0.0237. The van der Waals surface area contributed by atoms with Crippen LogP contribution in [0.25, 0.3) is 0 Å². The van der Waals surface area contributed by atoms with Crippen LogP contribution in [0.15, 0.2) is 0 Å². The first-order valence-electron chi connectivity index (χ1n) is 5.91. The molecule has 0 spiro atoms. The molecular formula is C11H25O2P. The Kier molecular flexibility index (Phi) is 9.87. The third-order valence-electron chi connectivity index (χ3n) is 2.66. The lowest BCUT2D eigenvalue weighted by atomic mass is 10.1. The zero-order chi connectivity index (χ0) is 10.8. The lowest BCUT2D eigenvalue weighted by molar-refractivity contribution is 0.482. The van der Waals surface area contributed by atoms with Gasteiger partial charge in [0.25, 0.3) is 0 Å². The molecule has 2 unspecified atom stereocenters. The fourth-order valence-electron chi connectivity index (χ4n) is 1.53. The molecule has 0 aromatic rings. The normalized spacial score (nSPS) is 15.4. The van der Waals surface area contributed by atoms with Gasteiger partial charge in [-0.25, -0.2) is 0 Å². The second-order valence-corrected chi connectivity index (χ2v) is 5.81. The van der Waals surface area contributed by atoms with Crippen molar-refractivity contribution in [3.8, 4) is 0 Å². The monoisotopic (exact) mass is 220 g/mol. The Morgan fingerprint density at radius 1 is 1.07 bits per heavy atom. The van der Waals surface area contributed by atoms with E-state index in [4.69, 9.17) is 4.89 Å². The largest absolute Gasteiger partial charge is 0.346 e. The van der Waals surface area contributed by atoms with E-state index < -0.39 is 8.03 Å². The summed E-state index contributed by atoms with van der Waals surface area (Å²) in [4.78, 5) is 8.84. The third kappa shape index (κ3) is 8.77. The van der Waals surface area contributed by atoms with E-state index in [1.54, 1.807) is 0 Å². The van der Waals surface area contributed by atoms with Crippen LogP contribution in [-0.4, -0.2) is 10.6 Å². The van der Waals surface area contributed by atoms with E-state index in [0.717, 1.165) is 12.8 Å². The maximum absolute atomic E-state index is 10.7. The van der Waals surface area contributed by atoms with Crippen molar-refractivity contribution in [1.82, 2.24) is 0 Å².